The van der Waals surface area contributed by atoms with Gasteiger partial charge in [-0.3, -0.25) is 0 Å². The summed E-state index contributed by atoms with van der Waals surface area (Å²) in [7, 11) is 0. The average Bonchev–Trinajstić information content (AvgIpc) is 2.84. The molecule has 1 aromatic carbocycles. The lowest BCUT2D eigenvalue weighted by molar-refractivity contribution is 0.173. The number of hydrogen-bond donors (Lipinski definition) is 1. The van der Waals surface area contributed by atoms with Crippen LogP contribution in [0.1, 0.15) is 45.1 Å². The number of ether oxygens (including phenoxy) is 2. The van der Waals surface area contributed by atoms with Crippen LogP contribution in [0, 0.1) is 5.41 Å². The third kappa shape index (κ3) is 3.12. The minimum absolute atomic E-state index is 0.321. The summed E-state index contributed by atoms with van der Waals surface area (Å²) in [5.41, 5.74) is 1.72. The van der Waals surface area contributed by atoms with Crippen LogP contribution in [0.4, 0.5) is 0 Å². The average molecular weight is 340 g/mol. The van der Waals surface area contributed by atoms with Gasteiger partial charge in [0.25, 0.3) is 0 Å². The van der Waals surface area contributed by atoms with E-state index in [2.05, 4.69) is 47.2 Å². The van der Waals surface area contributed by atoms with Gasteiger partial charge in [0.15, 0.2) is 11.5 Å². The van der Waals surface area contributed by atoms with Crippen molar-refractivity contribution in [3.05, 3.63) is 22.2 Å². The van der Waals surface area contributed by atoms with Crippen LogP contribution in [0.3, 0.4) is 0 Å². The Labute approximate surface area is 129 Å². The van der Waals surface area contributed by atoms with Gasteiger partial charge < -0.3 is 14.8 Å². The van der Waals surface area contributed by atoms with Crippen LogP contribution in [0.15, 0.2) is 16.6 Å². The summed E-state index contributed by atoms with van der Waals surface area (Å²) >= 11 is 3.55. The number of rotatable bonds is 3. The molecule has 1 unspecified atom stereocenters. The van der Waals surface area contributed by atoms with Gasteiger partial charge in [-0.25, -0.2) is 0 Å². The van der Waals surface area contributed by atoms with Crippen molar-refractivity contribution in [1.29, 1.82) is 0 Å². The lowest BCUT2D eigenvalue weighted by Gasteiger charge is -2.35. The molecule has 1 N–H and O–H groups in total. The van der Waals surface area contributed by atoms with Crippen LogP contribution in [-0.4, -0.2) is 12.8 Å². The van der Waals surface area contributed by atoms with E-state index in [1.807, 2.05) is 0 Å². The molecule has 1 aliphatic heterocycles. The van der Waals surface area contributed by atoms with E-state index in [1.165, 1.54) is 31.2 Å². The quantitative estimate of drug-likeness (QED) is 0.893. The van der Waals surface area contributed by atoms with E-state index in [1.54, 1.807) is 0 Å². The predicted octanol–water partition coefficient (Wildman–Crippen LogP) is 4.24. The Morgan fingerprint density at radius 3 is 3.00 bits per heavy atom. The van der Waals surface area contributed by atoms with Crippen molar-refractivity contribution in [2.45, 2.75) is 52.1 Å². The van der Waals surface area contributed by atoms with Gasteiger partial charge in [-0.15, -0.1) is 0 Å². The largest absolute Gasteiger partial charge is 0.454 e. The van der Waals surface area contributed by atoms with Gasteiger partial charge in [0.1, 0.15) is 0 Å². The highest BCUT2D eigenvalue weighted by molar-refractivity contribution is 9.10. The Balaban J connectivity index is 1.63. The van der Waals surface area contributed by atoms with Crippen molar-refractivity contribution < 1.29 is 9.47 Å². The fourth-order valence-electron chi connectivity index (χ4n) is 3.26. The molecule has 1 saturated carbocycles. The monoisotopic (exact) mass is 339 g/mol. The molecule has 1 atom stereocenters. The van der Waals surface area contributed by atoms with Crippen molar-refractivity contribution in [3.63, 3.8) is 0 Å². The molecule has 110 valence electrons. The molecular weight excluding hydrogens is 318 g/mol. The lowest BCUT2D eigenvalue weighted by Crippen LogP contribution is -2.36. The van der Waals surface area contributed by atoms with Gasteiger partial charge >= 0.3 is 0 Å². The number of halogens is 1. The van der Waals surface area contributed by atoms with Gasteiger partial charge in [0.05, 0.1) is 4.47 Å². The molecule has 1 heterocycles. The van der Waals surface area contributed by atoms with Crippen molar-refractivity contribution >= 4 is 15.9 Å². The van der Waals surface area contributed by atoms with E-state index in [0.717, 1.165) is 22.5 Å². The molecule has 1 aliphatic carbocycles. The maximum atomic E-state index is 5.46. The van der Waals surface area contributed by atoms with Gasteiger partial charge in [-0.2, -0.15) is 0 Å². The standard InChI is InChI=1S/C16H22BrNO2/c1-16(2)5-3-4-12(8-16)18-9-11-6-13(17)15-14(7-11)19-10-20-15/h6-7,12,18H,3-5,8-10H2,1-2H3. The first-order chi connectivity index (χ1) is 9.53. The Bertz CT molecular complexity index is 501. The smallest absolute Gasteiger partial charge is 0.231 e. The van der Waals surface area contributed by atoms with Gasteiger partial charge in [-0.1, -0.05) is 20.3 Å². The van der Waals surface area contributed by atoms with Gasteiger partial charge in [-0.05, 0) is 58.3 Å². The molecule has 0 amide bonds. The Morgan fingerprint density at radius 1 is 1.35 bits per heavy atom. The van der Waals surface area contributed by atoms with E-state index < -0.39 is 0 Å². The first kappa shape index (κ1) is 14.2. The van der Waals surface area contributed by atoms with Crippen molar-refractivity contribution in [2.75, 3.05) is 6.79 Å². The van der Waals surface area contributed by atoms with E-state index in [0.29, 0.717) is 18.2 Å². The van der Waals surface area contributed by atoms with E-state index in [-0.39, 0.29) is 0 Å². The van der Waals surface area contributed by atoms with Crippen LogP contribution in [0.25, 0.3) is 0 Å². The zero-order valence-corrected chi connectivity index (χ0v) is 13.8. The second-order valence-corrected chi connectivity index (χ2v) is 7.50. The fourth-order valence-corrected chi connectivity index (χ4v) is 3.86. The van der Waals surface area contributed by atoms with Crippen LogP contribution in [-0.2, 0) is 6.54 Å². The number of fused-ring (bicyclic) bond motifs is 1. The third-order valence-electron chi connectivity index (χ3n) is 4.29. The molecule has 2 aliphatic rings. The predicted molar refractivity (Wildman–Crippen MR) is 83.1 cm³/mol. The number of hydrogen-bond acceptors (Lipinski definition) is 3. The molecule has 3 rings (SSSR count). The topological polar surface area (TPSA) is 30.5 Å². The van der Waals surface area contributed by atoms with Crippen LogP contribution in [0.2, 0.25) is 0 Å². The maximum Gasteiger partial charge on any atom is 0.231 e. The number of nitrogens with one attached hydrogen (secondary N) is 1. The summed E-state index contributed by atoms with van der Waals surface area (Å²) in [4.78, 5) is 0. The molecule has 1 aromatic rings. The highest BCUT2D eigenvalue weighted by atomic mass is 79.9. The molecule has 0 saturated heterocycles. The molecule has 0 radical (unpaired) electrons. The normalized spacial score (nSPS) is 23.9. The molecule has 3 nitrogen and oxygen atoms in total. The number of benzene rings is 1. The zero-order chi connectivity index (χ0) is 14.2. The molecule has 1 fully saturated rings. The molecule has 20 heavy (non-hydrogen) atoms. The molecule has 0 spiro atoms. The maximum absolute atomic E-state index is 5.46. The Morgan fingerprint density at radius 2 is 2.20 bits per heavy atom. The zero-order valence-electron chi connectivity index (χ0n) is 12.2. The van der Waals surface area contributed by atoms with E-state index >= 15 is 0 Å². The van der Waals surface area contributed by atoms with Crippen molar-refractivity contribution in [2.24, 2.45) is 5.41 Å². The Hall–Kier alpha value is -0.740. The lowest BCUT2D eigenvalue weighted by atomic mass is 9.75. The molecule has 0 bridgehead atoms. The van der Waals surface area contributed by atoms with Crippen molar-refractivity contribution in [1.82, 2.24) is 5.32 Å². The summed E-state index contributed by atoms with van der Waals surface area (Å²) in [6.07, 6.45) is 5.23. The SMILES string of the molecule is CC1(C)CCCC(NCc2cc(Br)c3c(c2)OCO3)C1. The third-order valence-corrected chi connectivity index (χ3v) is 4.88. The second-order valence-electron chi connectivity index (χ2n) is 6.65. The van der Waals surface area contributed by atoms with Gasteiger partial charge in [0.2, 0.25) is 6.79 Å². The minimum atomic E-state index is 0.321. The second kappa shape index (κ2) is 5.57. The minimum Gasteiger partial charge on any atom is -0.454 e. The summed E-state index contributed by atoms with van der Waals surface area (Å²) in [6.45, 7) is 5.95. The fraction of sp³-hybridized carbons (Fsp3) is 0.625. The van der Waals surface area contributed by atoms with Crippen LogP contribution < -0.4 is 14.8 Å². The van der Waals surface area contributed by atoms with E-state index in [9.17, 15) is 0 Å². The summed E-state index contributed by atoms with van der Waals surface area (Å²) in [5.74, 6) is 1.67. The van der Waals surface area contributed by atoms with Crippen LogP contribution >= 0.6 is 15.9 Å². The summed E-state index contributed by atoms with van der Waals surface area (Å²) in [5, 5.41) is 3.69. The van der Waals surface area contributed by atoms with Crippen LogP contribution in [0.5, 0.6) is 11.5 Å². The van der Waals surface area contributed by atoms with Gasteiger partial charge in [0, 0.05) is 12.6 Å². The molecule has 4 heteroatoms. The Kier molecular flexibility index (Phi) is 3.95. The highest BCUT2D eigenvalue weighted by Crippen LogP contribution is 2.40. The first-order valence-corrected chi connectivity index (χ1v) is 8.14. The van der Waals surface area contributed by atoms with Crippen molar-refractivity contribution in [3.8, 4) is 11.5 Å². The molecular formula is C16H22BrNO2. The summed E-state index contributed by atoms with van der Waals surface area (Å²) in [6, 6.07) is 4.82. The molecule has 0 aromatic heterocycles. The van der Waals surface area contributed by atoms with E-state index in [4.69, 9.17) is 9.47 Å². The first-order valence-electron chi connectivity index (χ1n) is 7.35. The summed E-state index contributed by atoms with van der Waals surface area (Å²) < 4.78 is 11.9. The highest BCUT2D eigenvalue weighted by Gasteiger charge is 2.27.